The van der Waals surface area contributed by atoms with E-state index < -0.39 is 22.2 Å². The van der Waals surface area contributed by atoms with Crippen LogP contribution in [0.1, 0.15) is 41.2 Å². The van der Waals surface area contributed by atoms with Crippen LogP contribution in [-0.2, 0) is 16.6 Å². The number of aliphatic hydroxyl groups excluding tert-OH is 1. The highest BCUT2D eigenvalue weighted by Gasteiger charge is 2.35. The van der Waals surface area contributed by atoms with Gasteiger partial charge < -0.3 is 24.0 Å². The van der Waals surface area contributed by atoms with Gasteiger partial charge in [0.1, 0.15) is 23.3 Å². The van der Waals surface area contributed by atoms with Crippen LogP contribution in [0.3, 0.4) is 0 Å². The molecule has 3 atom stereocenters. The summed E-state index contributed by atoms with van der Waals surface area (Å²) in [5.74, 6) is 1.26. The Morgan fingerprint density at radius 2 is 1.76 bits per heavy atom. The molecule has 46 heavy (non-hydrogen) atoms. The lowest BCUT2D eigenvalue weighted by Crippen LogP contribution is -2.49. The Morgan fingerprint density at radius 3 is 2.41 bits per heavy atom. The van der Waals surface area contributed by atoms with Crippen LogP contribution >= 0.6 is 0 Å². The zero-order valence-electron chi connectivity index (χ0n) is 26.6. The van der Waals surface area contributed by atoms with E-state index in [-0.39, 0.29) is 51.8 Å². The predicted octanol–water partition coefficient (Wildman–Crippen LogP) is 5.24. The van der Waals surface area contributed by atoms with Crippen molar-refractivity contribution in [1.29, 1.82) is 0 Å². The lowest BCUT2D eigenvalue weighted by atomic mass is 9.99. The lowest BCUT2D eigenvalue weighted by Gasteiger charge is -2.38. The van der Waals surface area contributed by atoms with Crippen molar-refractivity contribution in [2.24, 2.45) is 5.92 Å². The fourth-order valence-electron chi connectivity index (χ4n) is 5.57. The molecule has 1 aliphatic rings. The third-order valence-electron chi connectivity index (χ3n) is 8.02. The van der Waals surface area contributed by atoms with E-state index in [1.165, 1.54) is 6.92 Å². The molecule has 0 radical (unpaired) electrons. The van der Waals surface area contributed by atoms with E-state index in [9.17, 15) is 18.3 Å². The number of nitrogens with zero attached hydrogens (tertiary/aromatic N) is 3. The van der Waals surface area contributed by atoms with Gasteiger partial charge in [0.25, 0.3) is 15.9 Å². The molecule has 1 amide bonds. The minimum Gasteiger partial charge on any atom is -0.486 e. The van der Waals surface area contributed by atoms with Crippen LogP contribution in [0, 0.1) is 19.8 Å². The standard InChI is InChI=1S/C34H40N4O7S/c1-22-18-38(23(2)21-39)34(40)29-12-9-13-30(36-46(41,42)33-24(3)35-45-25(33)4)32(29)44-31(22)20-37(5)19-26-14-16-28(17-15-26)43-27-10-7-6-8-11-27/h6-17,22-23,31,36,39H,18-21H2,1-5H3/t22-,23+,31-/m0/s1. The first-order valence-electron chi connectivity index (χ1n) is 15.1. The molecule has 0 aliphatic carbocycles. The van der Waals surface area contributed by atoms with Crippen LogP contribution in [0.25, 0.3) is 0 Å². The van der Waals surface area contributed by atoms with E-state index in [2.05, 4.69) is 14.8 Å². The fourth-order valence-corrected chi connectivity index (χ4v) is 6.96. The molecule has 0 saturated heterocycles. The average Bonchev–Trinajstić information content (AvgIpc) is 3.38. The Bertz CT molecular complexity index is 1740. The van der Waals surface area contributed by atoms with E-state index in [0.29, 0.717) is 19.6 Å². The maximum Gasteiger partial charge on any atom is 0.267 e. The monoisotopic (exact) mass is 648 g/mol. The largest absolute Gasteiger partial charge is 0.486 e. The summed E-state index contributed by atoms with van der Waals surface area (Å²) >= 11 is 0. The van der Waals surface area contributed by atoms with Crippen molar-refractivity contribution in [3.63, 3.8) is 0 Å². The number of aryl methyl sites for hydroxylation is 2. The molecule has 1 aromatic heterocycles. The first kappa shape index (κ1) is 33.0. The van der Waals surface area contributed by atoms with Gasteiger partial charge in [-0.15, -0.1) is 0 Å². The Hall–Kier alpha value is -4.39. The van der Waals surface area contributed by atoms with Gasteiger partial charge in [0, 0.05) is 25.6 Å². The van der Waals surface area contributed by atoms with Crippen molar-refractivity contribution in [2.75, 3.05) is 31.5 Å². The predicted molar refractivity (Wildman–Crippen MR) is 174 cm³/mol. The van der Waals surface area contributed by atoms with Gasteiger partial charge in [-0.3, -0.25) is 14.4 Å². The van der Waals surface area contributed by atoms with Gasteiger partial charge in [-0.05, 0) is 69.8 Å². The highest BCUT2D eigenvalue weighted by molar-refractivity contribution is 7.92. The molecule has 12 heteroatoms. The zero-order chi connectivity index (χ0) is 33.0. The van der Waals surface area contributed by atoms with Gasteiger partial charge in [0.2, 0.25) is 0 Å². The minimum atomic E-state index is -4.13. The molecule has 4 aromatic rings. The second-order valence-electron chi connectivity index (χ2n) is 11.8. The van der Waals surface area contributed by atoms with Gasteiger partial charge in [0.15, 0.2) is 16.4 Å². The molecule has 5 rings (SSSR count). The van der Waals surface area contributed by atoms with E-state index in [1.54, 1.807) is 36.9 Å². The summed E-state index contributed by atoms with van der Waals surface area (Å²) in [6.07, 6.45) is -0.435. The molecule has 0 fully saturated rings. The molecule has 0 unspecified atom stereocenters. The number of carbonyl (C=O) groups excluding carboxylic acids is 1. The molecule has 244 valence electrons. The normalized spacial score (nSPS) is 17.5. The number of hydrogen-bond donors (Lipinski definition) is 2. The van der Waals surface area contributed by atoms with Crippen molar-refractivity contribution in [2.45, 2.75) is 51.3 Å². The maximum atomic E-state index is 13.8. The summed E-state index contributed by atoms with van der Waals surface area (Å²) in [4.78, 5) is 17.5. The molecule has 2 N–H and O–H groups in total. The number of ether oxygens (including phenoxy) is 2. The number of aromatic nitrogens is 1. The van der Waals surface area contributed by atoms with Gasteiger partial charge in [-0.2, -0.15) is 0 Å². The summed E-state index contributed by atoms with van der Waals surface area (Å²) in [6, 6.07) is 21.8. The number of hydrogen-bond acceptors (Lipinski definition) is 9. The second-order valence-corrected chi connectivity index (χ2v) is 13.4. The van der Waals surface area contributed by atoms with Crippen molar-refractivity contribution in [3.8, 4) is 17.2 Å². The van der Waals surface area contributed by atoms with Crippen LogP contribution < -0.4 is 14.2 Å². The lowest BCUT2D eigenvalue weighted by molar-refractivity contribution is 0.0344. The molecule has 0 spiro atoms. The Kier molecular flexibility index (Phi) is 10.00. The van der Waals surface area contributed by atoms with Crippen LogP contribution in [0.4, 0.5) is 5.69 Å². The van der Waals surface area contributed by atoms with Crippen LogP contribution in [0.2, 0.25) is 0 Å². The molecule has 2 heterocycles. The summed E-state index contributed by atoms with van der Waals surface area (Å²) in [6.45, 7) is 8.05. The number of nitrogens with one attached hydrogen (secondary N) is 1. The third-order valence-corrected chi connectivity index (χ3v) is 9.63. The number of sulfonamides is 1. The van der Waals surface area contributed by atoms with Gasteiger partial charge in [-0.25, -0.2) is 8.42 Å². The first-order chi connectivity index (χ1) is 22.0. The highest BCUT2D eigenvalue weighted by Crippen LogP contribution is 2.37. The Morgan fingerprint density at radius 1 is 1.07 bits per heavy atom. The molecule has 11 nitrogen and oxygen atoms in total. The fraction of sp³-hybridized carbons (Fsp3) is 0.353. The molecule has 3 aromatic carbocycles. The molecular formula is C34H40N4O7S. The maximum absolute atomic E-state index is 13.8. The number of carbonyl (C=O) groups is 1. The summed E-state index contributed by atoms with van der Waals surface area (Å²) in [5.41, 5.74) is 1.61. The quantitative estimate of drug-likeness (QED) is 0.224. The summed E-state index contributed by atoms with van der Waals surface area (Å²) in [5, 5.41) is 13.8. The first-order valence-corrected chi connectivity index (χ1v) is 16.6. The summed E-state index contributed by atoms with van der Waals surface area (Å²) < 4.78 is 47.2. The SMILES string of the molecule is Cc1noc(C)c1S(=O)(=O)Nc1cccc2c1O[C@@H](CN(C)Cc1ccc(Oc3ccccc3)cc1)[C@@H](C)CN([C@H](C)CO)C2=O. The number of aliphatic hydroxyl groups is 1. The van der Waals surface area contributed by atoms with E-state index in [0.717, 1.165) is 17.1 Å². The molecular weight excluding hydrogens is 608 g/mol. The topological polar surface area (TPSA) is 134 Å². The number of amides is 1. The second kappa shape index (κ2) is 13.9. The minimum absolute atomic E-state index is 0.0670. The number of fused-ring (bicyclic) bond motifs is 1. The number of anilines is 1. The van der Waals surface area contributed by atoms with E-state index in [1.807, 2.05) is 68.6 Å². The van der Waals surface area contributed by atoms with Crippen LogP contribution in [-0.4, -0.2) is 73.3 Å². The zero-order valence-corrected chi connectivity index (χ0v) is 27.5. The third kappa shape index (κ3) is 7.35. The Labute approximate surface area is 269 Å². The molecule has 1 aliphatic heterocycles. The average molecular weight is 649 g/mol. The smallest absolute Gasteiger partial charge is 0.267 e. The van der Waals surface area contributed by atoms with Crippen molar-refractivity contribution < 1.29 is 32.3 Å². The molecule has 0 bridgehead atoms. The van der Waals surface area contributed by atoms with Crippen LogP contribution in [0.15, 0.2) is 82.2 Å². The van der Waals surface area contributed by atoms with Crippen molar-refractivity contribution in [3.05, 3.63) is 95.4 Å². The van der Waals surface area contributed by atoms with Crippen molar-refractivity contribution in [1.82, 2.24) is 15.0 Å². The van der Waals surface area contributed by atoms with Crippen LogP contribution in [0.5, 0.6) is 17.2 Å². The van der Waals surface area contributed by atoms with Gasteiger partial charge >= 0.3 is 0 Å². The number of para-hydroxylation sites is 2. The van der Waals surface area contributed by atoms with Gasteiger partial charge in [-0.1, -0.05) is 48.5 Å². The van der Waals surface area contributed by atoms with E-state index >= 15 is 0 Å². The number of benzene rings is 3. The Balaban J connectivity index is 1.41. The van der Waals surface area contributed by atoms with E-state index in [4.69, 9.17) is 14.0 Å². The molecule has 0 saturated carbocycles. The number of rotatable bonds is 11. The van der Waals surface area contributed by atoms with Gasteiger partial charge in [0.05, 0.1) is 23.9 Å². The highest BCUT2D eigenvalue weighted by atomic mass is 32.2. The van der Waals surface area contributed by atoms with Crippen molar-refractivity contribution >= 4 is 21.6 Å². The number of likely N-dealkylation sites (N-methyl/N-ethyl adjacent to an activating group) is 1. The summed E-state index contributed by atoms with van der Waals surface area (Å²) in [7, 11) is -2.15.